The van der Waals surface area contributed by atoms with Gasteiger partial charge in [-0.2, -0.15) is 5.10 Å². The van der Waals surface area contributed by atoms with E-state index in [0.717, 1.165) is 36.8 Å². The number of hydrogen-bond acceptors (Lipinski definition) is 3. The molecular formula is C9H15N3OS. The van der Waals surface area contributed by atoms with E-state index in [1.807, 2.05) is 0 Å². The monoisotopic (exact) mass is 213 g/mol. The molecule has 0 bridgehead atoms. The minimum absolute atomic E-state index is 0.444. The van der Waals surface area contributed by atoms with Crippen molar-refractivity contribution < 1.29 is 4.74 Å². The average molecular weight is 213 g/mol. The number of nitrogens with zero attached hydrogens (tertiary/aromatic N) is 2. The fourth-order valence-corrected chi connectivity index (χ4v) is 1.79. The van der Waals surface area contributed by atoms with Gasteiger partial charge in [-0.05, 0) is 18.6 Å². The Labute approximate surface area is 88.3 Å². The van der Waals surface area contributed by atoms with Crippen LogP contribution in [0, 0.1) is 4.77 Å². The predicted octanol–water partition coefficient (Wildman–Crippen LogP) is 1.85. The van der Waals surface area contributed by atoms with Crippen LogP contribution < -0.4 is 0 Å². The lowest BCUT2D eigenvalue weighted by Crippen LogP contribution is -2.28. The summed E-state index contributed by atoms with van der Waals surface area (Å²) >= 11 is 5.18. The molecule has 78 valence electrons. The van der Waals surface area contributed by atoms with Gasteiger partial charge in [0.15, 0.2) is 4.77 Å². The van der Waals surface area contributed by atoms with E-state index in [1.54, 1.807) is 0 Å². The van der Waals surface area contributed by atoms with Crippen LogP contribution in [0.3, 0.4) is 0 Å². The van der Waals surface area contributed by atoms with Gasteiger partial charge in [0, 0.05) is 6.54 Å². The molecule has 5 heteroatoms. The van der Waals surface area contributed by atoms with Crippen LogP contribution in [0.15, 0.2) is 0 Å². The highest BCUT2D eigenvalue weighted by Crippen LogP contribution is 2.22. The molecule has 1 N–H and O–H groups in total. The molecule has 1 saturated heterocycles. The highest BCUT2D eigenvalue weighted by molar-refractivity contribution is 7.71. The molecule has 0 radical (unpaired) electrons. The molecule has 1 aromatic heterocycles. The van der Waals surface area contributed by atoms with E-state index >= 15 is 0 Å². The zero-order chi connectivity index (χ0) is 9.97. The Morgan fingerprint density at radius 3 is 3.00 bits per heavy atom. The third kappa shape index (κ3) is 1.74. The van der Waals surface area contributed by atoms with Crippen LogP contribution in [-0.4, -0.2) is 28.0 Å². The van der Waals surface area contributed by atoms with Crippen molar-refractivity contribution in [2.24, 2.45) is 0 Å². The van der Waals surface area contributed by atoms with Crippen LogP contribution in [-0.2, 0) is 11.3 Å². The molecule has 0 amide bonds. The molecule has 2 heterocycles. The molecule has 1 aliphatic rings. The molecular weight excluding hydrogens is 198 g/mol. The van der Waals surface area contributed by atoms with Crippen molar-refractivity contribution in [2.45, 2.75) is 32.2 Å². The smallest absolute Gasteiger partial charge is 0.195 e. The van der Waals surface area contributed by atoms with Crippen LogP contribution in [0.25, 0.3) is 0 Å². The SMILES string of the molecule is CCCCn1c(C2COC2)n[nH]c1=S. The van der Waals surface area contributed by atoms with Crippen molar-refractivity contribution in [3.63, 3.8) is 0 Å². The number of rotatable bonds is 4. The van der Waals surface area contributed by atoms with Crippen molar-refractivity contribution in [1.29, 1.82) is 0 Å². The van der Waals surface area contributed by atoms with Gasteiger partial charge < -0.3 is 9.30 Å². The highest BCUT2D eigenvalue weighted by Gasteiger charge is 2.25. The summed E-state index contributed by atoms with van der Waals surface area (Å²) < 4.78 is 8.00. The van der Waals surface area contributed by atoms with Gasteiger partial charge >= 0.3 is 0 Å². The third-order valence-electron chi connectivity index (χ3n) is 2.53. The van der Waals surface area contributed by atoms with Gasteiger partial charge in [0.05, 0.1) is 19.1 Å². The third-order valence-corrected chi connectivity index (χ3v) is 2.84. The maximum Gasteiger partial charge on any atom is 0.195 e. The van der Waals surface area contributed by atoms with E-state index in [9.17, 15) is 0 Å². The summed E-state index contributed by atoms with van der Waals surface area (Å²) in [6, 6.07) is 0. The first-order chi connectivity index (χ1) is 6.83. The molecule has 4 nitrogen and oxygen atoms in total. The van der Waals surface area contributed by atoms with Crippen molar-refractivity contribution in [3.8, 4) is 0 Å². The van der Waals surface area contributed by atoms with Crippen LogP contribution >= 0.6 is 12.2 Å². The summed E-state index contributed by atoms with van der Waals surface area (Å²) in [5, 5.41) is 7.11. The van der Waals surface area contributed by atoms with E-state index in [-0.39, 0.29) is 0 Å². The fraction of sp³-hybridized carbons (Fsp3) is 0.778. The van der Waals surface area contributed by atoms with E-state index in [1.165, 1.54) is 6.42 Å². The Hall–Kier alpha value is -0.680. The van der Waals surface area contributed by atoms with Crippen LogP contribution in [0.4, 0.5) is 0 Å². The molecule has 0 atom stereocenters. The first kappa shape index (κ1) is 9.86. The van der Waals surface area contributed by atoms with Crippen molar-refractivity contribution >= 4 is 12.2 Å². The molecule has 14 heavy (non-hydrogen) atoms. The lowest BCUT2D eigenvalue weighted by Gasteiger charge is -2.25. The fourth-order valence-electron chi connectivity index (χ4n) is 1.56. The average Bonchev–Trinajstić information content (AvgIpc) is 2.42. The Morgan fingerprint density at radius 2 is 2.43 bits per heavy atom. The molecule has 1 fully saturated rings. The van der Waals surface area contributed by atoms with Crippen LogP contribution in [0.1, 0.15) is 31.5 Å². The van der Waals surface area contributed by atoms with E-state index in [0.29, 0.717) is 5.92 Å². The number of ether oxygens (including phenoxy) is 1. The zero-order valence-corrected chi connectivity index (χ0v) is 9.14. The Balaban J connectivity index is 2.17. The first-order valence-corrected chi connectivity index (χ1v) is 5.46. The molecule has 0 spiro atoms. The highest BCUT2D eigenvalue weighted by atomic mass is 32.1. The van der Waals surface area contributed by atoms with E-state index in [4.69, 9.17) is 17.0 Å². The minimum atomic E-state index is 0.444. The van der Waals surface area contributed by atoms with Gasteiger partial charge in [-0.25, -0.2) is 0 Å². The summed E-state index contributed by atoms with van der Waals surface area (Å²) in [4.78, 5) is 0. The number of H-pyrrole nitrogens is 1. The van der Waals surface area contributed by atoms with Gasteiger partial charge in [0.1, 0.15) is 5.82 Å². The Morgan fingerprint density at radius 1 is 1.64 bits per heavy atom. The van der Waals surface area contributed by atoms with Crippen LogP contribution in [0.2, 0.25) is 0 Å². The summed E-state index contributed by atoms with van der Waals surface area (Å²) in [6.45, 7) is 4.71. The number of unbranched alkanes of at least 4 members (excludes halogenated alkanes) is 1. The lowest BCUT2D eigenvalue weighted by atomic mass is 10.1. The van der Waals surface area contributed by atoms with Crippen LogP contribution in [0.5, 0.6) is 0 Å². The van der Waals surface area contributed by atoms with Gasteiger partial charge in [0.25, 0.3) is 0 Å². The number of nitrogens with one attached hydrogen (secondary N) is 1. The van der Waals surface area contributed by atoms with Crippen molar-refractivity contribution in [1.82, 2.24) is 14.8 Å². The van der Waals surface area contributed by atoms with Gasteiger partial charge in [-0.3, -0.25) is 5.10 Å². The second-order valence-corrected chi connectivity index (χ2v) is 4.01. The molecule has 2 rings (SSSR count). The molecule has 1 aromatic rings. The van der Waals surface area contributed by atoms with E-state index < -0.39 is 0 Å². The van der Waals surface area contributed by atoms with Crippen molar-refractivity contribution in [3.05, 3.63) is 10.6 Å². The minimum Gasteiger partial charge on any atom is -0.380 e. The first-order valence-electron chi connectivity index (χ1n) is 5.05. The molecule has 0 aliphatic carbocycles. The van der Waals surface area contributed by atoms with Gasteiger partial charge in [0.2, 0.25) is 0 Å². The summed E-state index contributed by atoms with van der Waals surface area (Å²) in [7, 11) is 0. The Bertz CT molecular complexity index is 353. The maximum absolute atomic E-state index is 5.18. The maximum atomic E-state index is 5.18. The number of aromatic amines is 1. The predicted molar refractivity (Wildman–Crippen MR) is 55.9 cm³/mol. The summed E-state index contributed by atoms with van der Waals surface area (Å²) in [6.07, 6.45) is 2.32. The normalized spacial score (nSPS) is 16.9. The van der Waals surface area contributed by atoms with Gasteiger partial charge in [-0.1, -0.05) is 13.3 Å². The quantitative estimate of drug-likeness (QED) is 0.776. The second-order valence-electron chi connectivity index (χ2n) is 3.63. The topological polar surface area (TPSA) is 42.8 Å². The molecule has 0 unspecified atom stereocenters. The standard InChI is InChI=1S/C9H15N3OS/c1-2-3-4-12-8(7-5-13-6-7)10-11-9(12)14/h7H,2-6H2,1H3,(H,11,14). The summed E-state index contributed by atoms with van der Waals surface area (Å²) in [5.74, 6) is 1.51. The van der Waals surface area contributed by atoms with E-state index in [2.05, 4.69) is 21.7 Å². The van der Waals surface area contributed by atoms with Crippen molar-refractivity contribution in [2.75, 3.05) is 13.2 Å². The largest absolute Gasteiger partial charge is 0.380 e. The Kier molecular flexibility index (Phi) is 2.98. The number of aromatic nitrogens is 3. The number of hydrogen-bond donors (Lipinski definition) is 1. The lowest BCUT2D eigenvalue weighted by molar-refractivity contribution is 0.00325. The summed E-state index contributed by atoms with van der Waals surface area (Å²) in [5.41, 5.74) is 0. The molecule has 0 saturated carbocycles. The zero-order valence-electron chi connectivity index (χ0n) is 8.32. The molecule has 0 aromatic carbocycles. The van der Waals surface area contributed by atoms with Gasteiger partial charge in [-0.15, -0.1) is 0 Å². The molecule has 1 aliphatic heterocycles. The second kappa shape index (κ2) is 4.23.